The minimum atomic E-state index is -0.660. The molecule has 1 aliphatic rings. The van der Waals surface area contributed by atoms with E-state index in [0.29, 0.717) is 0 Å². The summed E-state index contributed by atoms with van der Waals surface area (Å²) in [5.74, 6) is 0. The Morgan fingerprint density at radius 2 is 2.56 bits per heavy atom. The summed E-state index contributed by atoms with van der Waals surface area (Å²) in [4.78, 5) is 0. The van der Waals surface area contributed by atoms with Crippen molar-refractivity contribution in [1.29, 1.82) is 0 Å². The second-order valence-corrected chi connectivity index (χ2v) is 10.7. The first kappa shape index (κ1) is 8.52. The van der Waals surface area contributed by atoms with Crippen molar-refractivity contribution in [3.63, 3.8) is 0 Å². The van der Waals surface area contributed by atoms with Crippen LogP contribution in [-0.2, 0) is 0 Å². The second-order valence-electron chi connectivity index (χ2n) is 1.65. The SMILES string of the molecule is BrCI1C=C(I)C=CC1. The van der Waals surface area contributed by atoms with Crippen molar-refractivity contribution >= 4 is 58.3 Å². The summed E-state index contributed by atoms with van der Waals surface area (Å²) in [6, 6.07) is 0. The van der Waals surface area contributed by atoms with Crippen LogP contribution in [0.3, 0.4) is 0 Å². The van der Waals surface area contributed by atoms with Crippen molar-refractivity contribution in [3.05, 3.63) is 19.8 Å². The van der Waals surface area contributed by atoms with Crippen LogP contribution in [0.25, 0.3) is 0 Å². The first-order valence-corrected chi connectivity index (χ1v) is 9.02. The van der Waals surface area contributed by atoms with E-state index in [0.717, 1.165) is 0 Å². The Bertz CT molecular complexity index is 151. The minimum absolute atomic E-state index is 0.660. The standard InChI is InChI=1S/C6H7BrI2/c7-5-9-3-1-2-6(8)4-9/h1-2,4H,3,5H2. The molecule has 52 valence electrons. The Morgan fingerprint density at radius 3 is 3.00 bits per heavy atom. The first-order valence-electron chi connectivity index (χ1n) is 2.53. The van der Waals surface area contributed by atoms with Crippen molar-refractivity contribution in [2.75, 3.05) is 7.76 Å². The van der Waals surface area contributed by atoms with Gasteiger partial charge in [-0.25, -0.2) is 0 Å². The van der Waals surface area contributed by atoms with Crippen LogP contribution in [0.1, 0.15) is 0 Å². The van der Waals surface area contributed by atoms with Gasteiger partial charge in [-0.15, -0.1) is 0 Å². The Balaban J connectivity index is 2.55. The monoisotopic (exact) mass is 412 g/mol. The summed E-state index contributed by atoms with van der Waals surface area (Å²) < 4.78 is 6.48. The summed E-state index contributed by atoms with van der Waals surface area (Å²) >= 11 is 5.25. The van der Waals surface area contributed by atoms with E-state index in [4.69, 9.17) is 0 Å². The maximum absolute atomic E-state index is 3.53. The normalized spacial score (nSPS) is 22.0. The van der Waals surface area contributed by atoms with Crippen LogP contribution in [0.2, 0.25) is 0 Å². The van der Waals surface area contributed by atoms with E-state index in [9.17, 15) is 0 Å². The van der Waals surface area contributed by atoms with Gasteiger partial charge in [0.25, 0.3) is 0 Å². The molecule has 1 rings (SSSR count). The molecule has 0 radical (unpaired) electrons. The zero-order valence-corrected chi connectivity index (χ0v) is 10.7. The number of allylic oxidation sites excluding steroid dienone is 3. The van der Waals surface area contributed by atoms with Gasteiger partial charge >= 0.3 is 85.9 Å². The molecule has 0 aromatic carbocycles. The molecule has 1 aliphatic heterocycles. The molecule has 0 N–H and O–H groups in total. The summed E-state index contributed by atoms with van der Waals surface area (Å²) in [6.45, 7) is 0. The van der Waals surface area contributed by atoms with E-state index >= 15 is 0 Å². The molecule has 0 saturated heterocycles. The van der Waals surface area contributed by atoms with E-state index in [2.05, 4.69) is 54.8 Å². The quantitative estimate of drug-likeness (QED) is 0.455. The molecule has 0 nitrogen and oxygen atoms in total. The van der Waals surface area contributed by atoms with E-state index in [-0.39, 0.29) is 0 Å². The molecule has 0 aromatic rings. The molecule has 0 aliphatic carbocycles. The molecule has 0 fully saturated rings. The van der Waals surface area contributed by atoms with Crippen LogP contribution < -0.4 is 0 Å². The molecule has 0 aromatic heterocycles. The molecular weight excluding hydrogens is 406 g/mol. The van der Waals surface area contributed by atoms with Crippen LogP contribution in [0, 0.1) is 0 Å². The van der Waals surface area contributed by atoms with Crippen molar-refractivity contribution < 1.29 is 0 Å². The molecule has 0 unspecified atom stereocenters. The van der Waals surface area contributed by atoms with E-state index < -0.39 is 19.8 Å². The third kappa shape index (κ3) is 2.88. The number of rotatable bonds is 1. The Kier molecular flexibility index (Phi) is 4.10. The fraction of sp³-hybridized carbons (Fsp3) is 0.333. The van der Waals surface area contributed by atoms with Crippen LogP contribution in [0.5, 0.6) is 0 Å². The second kappa shape index (κ2) is 4.33. The van der Waals surface area contributed by atoms with Crippen LogP contribution in [-0.4, -0.2) is 7.76 Å². The van der Waals surface area contributed by atoms with Crippen LogP contribution in [0.15, 0.2) is 19.8 Å². The average molecular weight is 413 g/mol. The summed E-state index contributed by atoms with van der Waals surface area (Å²) in [7, 11) is 0. The van der Waals surface area contributed by atoms with E-state index in [1.807, 2.05) is 0 Å². The van der Waals surface area contributed by atoms with Crippen LogP contribution in [0.4, 0.5) is 0 Å². The van der Waals surface area contributed by atoms with Gasteiger partial charge in [-0.3, -0.25) is 0 Å². The van der Waals surface area contributed by atoms with E-state index in [1.54, 1.807) is 0 Å². The summed E-state index contributed by atoms with van der Waals surface area (Å²) in [5.41, 5.74) is 0. The fourth-order valence-electron chi connectivity index (χ4n) is 0.570. The maximum atomic E-state index is 3.53. The molecule has 0 saturated carbocycles. The van der Waals surface area contributed by atoms with Crippen molar-refractivity contribution in [3.8, 4) is 0 Å². The van der Waals surface area contributed by atoms with Gasteiger partial charge in [0.2, 0.25) is 0 Å². The van der Waals surface area contributed by atoms with Gasteiger partial charge in [0, 0.05) is 0 Å². The van der Waals surface area contributed by atoms with Gasteiger partial charge in [-0.2, -0.15) is 0 Å². The van der Waals surface area contributed by atoms with Crippen LogP contribution >= 0.6 is 58.3 Å². The fourth-order valence-corrected chi connectivity index (χ4v) is 7.65. The predicted molar refractivity (Wildman–Crippen MR) is 63.9 cm³/mol. The number of hydrogen-bond donors (Lipinski definition) is 0. The van der Waals surface area contributed by atoms with Gasteiger partial charge in [0.05, 0.1) is 0 Å². The van der Waals surface area contributed by atoms with Gasteiger partial charge in [-0.05, 0) is 0 Å². The molecule has 1 heterocycles. The summed E-state index contributed by atoms with van der Waals surface area (Å²) in [5, 5.41) is 0. The van der Waals surface area contributed by atoms with Gasteiger partial charge in [-0.1, -0.05) is 0 Å². The summed E-state index contributed by atoms with van der Waals surface area (Å²) in [6.07, 6.45) is 4.51. The molecule has 0 spiro atoms. The average Bonchev–Trinajstić information content (AvgIpc) is 1.88. The van der Waals surface area contributed by atoms with Gasteiger partial charge in [0.15, 0.2) is 0 Å². The topological polar surface area (TPSA) is 0 Å². The molecule has 0 bridgehead atoms. The zero-order chi connectivity index (χ0) is 6.69. The molecule has 0 atom stereocenters. The van der Waals surface area contributed by atoms with E-state index in [1.165, 1.54) is 11.3 Å². The number of alkyl halides is 3. The molecule has 9 heavy (non-hydrogen) atoms. The van der Waals surface area contributed by atoms with Gasteiger partial charge in [0.1, 0.15) is 0 Å². The Labute approximate surface area is 84.8 Å². The van der Waals surface area contributed by atoms with Crippen molar-refractivity contribution in [2.45, 2.75) is 0 Å². The third-order valence-electron chi connectivity index (χ3n) is 0.953. The number of halogens is 3. The van der Waals surface area contributed by atoms with Gasteiger partial charge < -0.3 is 0 Å². The van der Waals surface area contributed by atoms with Crippen molar-refractivity contribution in [1.82, 2.24) is 0 Å². The molecular formula is C6H7BrI2. The number of hydrogen-bond acceptors (Lipinski definition) is 0. The Hall–Kier alpha value is 1.42. The Morgan fingerprint density at radius 1 is 1.78 bits per heavy atom. The molecule has 0 amide bonds. The zero-order valence-electron chi connectivity index (χ0n) is 4.78. The van der Waals surface area contributed by atoms with Crippen molar-refractivity contribution in [2.24, 2.45) is 0 Å². The predicted octanol–water partition coefficient (Wildman–Crippen LogP) is 3.69. The first-order chi connectivity index (χ1) is 4.33. The molecule has 3 heteroatoms. The third-order valence-corrected chi connectivity index (χ3v) is 10.4.